The van der Waals surface area contributed by atoms with Crippen LogP contribution >= 0.6 is 11.6 Å². The number of benzene rings is 2. The first-order valence-corrected chi connectivity index (χ1v) is 13.0. The van der Waals surface area contributed by atoms with Crippen LogP contribution in [0, 0.1) is 5.92 Å². The number of nitrogens with one attached hydrogen (secondary N) is 2. The van der Waals surface area contributed by atoms with Gasteiger partial charge in [0.2, 0.25) is 5.91 Å². The van der Waals surface area contributed by atoms with Crippen LogP contribution in [-0.2, 0) is 4.79 Å². The van der Waals surface area contributed by atoms with Crippen LogP contribution in [0.25, 0.3) is 0 Å². The zero-order valence-corrected chi connectivity index (χ0v) is 21.7. The first-order valence-electron chi connectivity index (χ1n) is 12.6. The zero-order valence-electron chi connectivity index (χ0n) is 20.9. The Morgan fingerprint density at radius 2 is 1.56 bits per heavy atom. The Labute approximate surface area is 217 Å². The van der Waals surface area contributed by atoms with Gasteiger partial charge >= 0.3 is 6.03 Å². The third-order valence-corrected chi connectivity index (χ3v) is 6.72. The van der Waals surface area contributed by atoms with Crippen molar-refractivity contribution in [1.82, 2.24) is 9.80 Å². The summed E-state index contributed by atoms with van der Waals surface area (Å²) in [6, 6.07) is 12.5. The highest BCUT2D eigenvalue weighted by Gasteiger charge is 2.27. The van der Waals surface area contributed by atoms with E-state index in [4.69, 9.17) is 11.6 Å². The summed E-state index contributed by atoms with van der Waals surface area (Å²) >= 11 is 6.02. The number of rotatable bonds is 6. The number of piperazine rings is 1. The molecule has 2 aromatic carbocycles. The van der Waals surface area contributed by atoms with Crippen LogP contribution < -0.4 is 15.5 Å². The Morgan fingerprint density at radius 1 is 0.861 bits per heavy atom. The van der Waals surface area contributed by atoms with E-state index < -0.39 is 0 Å². The van der Waals surface area contributed by atoms with Crippen LogP contribution in [0.4, 0.5) is 21.9 Å². The van der Waals surface area contributed by atoms with Gasteiger partial charge in [0.05, 0.1) is 5.56 Å². The van der Waals surface area contributed by atoms with E-state index in [0.717, 1.165) is 31.6 Å². The van der Waals surface area contributed by atoms with E-state index >= 15 is 0 Å². The minimum atomic E-state index is -0.173. The number of likely N-dealkylation sites (tertiary alicyclic amines) is 1. The SMILES string of the molecule is CC(C)CC(=O)Nc1ccc(N2CCN(C(=O)Nc3cccc(Cl)c3)CC2)c(C(=O)N2CCCC2)c1. The van der Waals surface area contributed by atoms with Gasteiger partial charge < -0.3 is 25.3 Å². The van der Waals surface area contributed by atoms with Gasteiger partial charge in [-0.05, 0) is 55.2 Å². The Balaban J connectivity index is 1.47. The summed E-state index contributed by atoms with van der Waals surface area (Å²) in [7, 11) is 0. The lowest BCUT2D eigenvalue weighted by Gasteiger charge is -2.37. The van der Waals surface area contributed by atoms with Gasteiger partial charge in [-0.15, -0.1) is 0 Å². The molecule has 2 aromatic rings. The lowest BCUT2D eigenvalue weighted by molar-refractivity contribution is -0.116. The predicted octanol–water partition coefficient (Wildman–Crippen LogP) is 4.91. The molecule has 9 heteroatoms. The Morgan fingerprint density at radius 3 is 2.22 bits per heavy atom. The minimum Gasteiger partial charge on any atom is -0.367 e. The van der Waals surface area contributed by atoms with E-state index in [1.807, 2.05) is 30.9 Å². The van der Waals surface area contributed by atoms with Crippen LogP contribution in [0.2, 0.25) is 5.02 Å². The van der Waals surface area contributed by atoms with Crippen molar-refractivity contribution in [2.45, 2.75) is 33.1 Å². The number of hydrogen-bond donors (Lipinski definition) is 2. The molecule has 4 amide bonds. The van der Waals surface area contributed by atoms with Crippen molar-refractivity contribution in [3.05, 3.63) is 53.1 Å². The van der Waals surface area contributed by atoms with E-state index in [9.17, 15) is 14.4 Å². The van der Waals surface area contributed by atoms with Crippen molar-refractivity contribution in [1.29, 1.82) is 0 Å². The fraction of sp³-hybridized carbons (Fsp3) is 0.444. The molecule has 2 saturated heterocycles. The smallest absolute Gasteiger partial charge is 0.321 e. The van der Waals surface area contributed by atoms with Gasteiger partial charge in [-0.3, -0.25) is 9.59 Å². The third kappa shape index (κ3) is 6.49. The predicted molar refractivity (Wildman–Crippen MR) is 144 cm³/mol. The average Bonchev–Trinajstić information content (AvgIpc) is 3.38. The highest BCUT2D eigenvalue weighted by Crippen LogP contribution is 2.28. The van der Waals surface area contributed by atoms with E-state index in [-0.39, 0.29) is 23.8 Å². The number of urea groups is 1. The normalized spacial score (nSPS) is 15.8. The fourth-order valence-corrected chi connectivity index (χ4v) is 4.84. The number of anilines is 3. The molecule has 8 nitrogen and oxygen atoms in total. The summed E-state index contributed by atoms with van der Waals surface area (Å²) in [5, 5.41) is 6.40. The Kier molecular flexibility index (Phi) is 8.36. The Bertz CT molecular complexity index is 1110. The molecule has 0 aromatic heterocycles. The first-order chi connectivity index (χ1) is 17.3. The summed E-state index contributed by atoms with van der Waals surface area (Å²) in [6.07, 6.45) is 2.44. The van der Waals surface area contributed by atoms with Gasteiger partial charge in [0.1, 0.15) is 0 Å². The number of amides is 4. The molecular weight excluding hydrogens is 478 g/mol. The second kappa shape index (κ2) is 11.6. The highest BCUT2D eigenvalue weighted by molar-refractivity contribution is 6.30. The molecule has 0 unspecified atom stereocenters. The Hall–Kier alpha value is -3.26. The maximum atomic E-state index is 13.4. The van der Waals surface area contributed by atoms with Gasteiger partial charge in [0.25, 0.3) is 5.91 Å². The molecule has 4 rings (SSSR count). The number of carbonyl (C=O) groups excluding carboxylic acids is 3. The standard InChI is InChI=1S/C27H34ClN5O3/c1-19(2)16-25(34)29-22-8-9-24(23(18-22)26(35)32-10-3-4-11-32)31-12-14-33(15-13-31)27(36)30-21-7-5-6-20(28)17-21/h5-9,17-19H,3-4,10-16H2,1-2H3,(H,29,34)(H,30,36). The maximum absolute atomic E-state index is 13.4. The van der Waals surface area contributed by atoms with E-state index in [2.05, 4.69) is 15.5 Å². The summed E-state index contributed by atoms with van der Waals surface area (Å²) in [4.78, 5) is 44.3. The summed E-state index contributed by atoms with van der Waals surface area (Å²) < 4.78 is 0. The van der Waals surface area contributed by atoms with Crippen LogP contribution in [0.3, 0.4) is 0 Å². The third-order valence-electron chi connectivity index (χ3n) is 6.48. The van der Waals surface area contributed by atoms with Gasteiger partial charge in [0.15, 0.2) is 0 Å². The monoisotopic (exact) mass is 511 g/mol. The molecule has 2 N–H and O–H groups in total. The van der Waals surface area contributed by atoms with Gasteiger partial charge in [-0.25, -0.2) is 4.79 Å². The van der Waals surface area contributed by atoms with Gasteiger partial charge in [-0.1, -0.05) is 31.5 Å². The highest BCUT2D eigenvalue weighted by atomic mass is 35.5. The molecule has 0 saturated carbocycles. The van der Waals surface area contributed by atoms with E-state index in [0.29, 0.717) is 54.6 Å². The van der Waals surface area contributed by atoms with Crippen molar-refractivity contribution in [2.24, 2.45) is 5.92 Å². The van der Waals surface area contributed by atoms with Gasteiger partial charge in [0, 0.05) is 67.8 Å². The maximum Gasteiger partial charge on any atom is 0.321 e. The quantitative estimate of drug-likeness (QED) is 0.576. The largest absolute Gasteiger partial charge is 0.367 e. The zero-order chi connectivity index (χ0) is 25.7. The summed E-state index contributed by atoms with van der Waals surface area (Å²) in [6.45, 7) is 7.75. The van der Waals surface area contributed by atoms with Crippen molar-refractivity contribution < 1.29 is 14.4 Å². The van der Waals surface area contributed by atoms with Gasteiger partial charge in [-0.2, -0.15) is 0 Å². The van der Waals surface area contributed by atoms with Crippen molar-refractivity contribution >= 4 is 46.5 Å². The fourth-order valence-electron chi connectivity index (χ4n) is 4.65. The van der Waals surface area contributed by atoms with Crippen molar-refractivity contribution in [2.75, 3.05) is 54.8 Å². The second-order valence-electron chi connectivity index (χ2n) is 9.79. The molecule has 192 valence electrons. The van der Waals surface area contributed by atoms with Crippen LogP contribution in [0.5, 0.6) is 0 Å². The summed E-state index contributed by atoms with van der Waals surface area (Å²) in [5.41, 5.74) is 2.72. The number of hydrogen-bond acceptors (Lipinski definition) is 4. The van der Waals surface area contributed by atoms with E-state index in [1.165, 1.54) is 0 Å². The molecule has 36 heavy (non-hydrogen) atoms. The van der Waals surface area contributed by atoms with Crippen molar-refractivity contribution in [3.8, 4) is 0 Å². The molecule has 0 spiro atoms. The molecule has 2 fully saturated rings. The molecule has 2 aliphatic heterocycles. The molecule has 2 heterocycles. The van der Waals surface area contributed by atoms with E-state index in [1.54, 1.807) is 35.2 Å². The number of nitrogens with zero attached hydrogens (tertiary/aromatic N) is 3. The molecule has 0 aliphatic carbocycles. The van der Waals surface area contributed by atoms with Crippen LogP contribution in [0.15, 0.2) is 42.5 Å². The molecule has 0 atom stereocenters. The molecule has 0 bridgehead atoms. The molecule has 0 radical (unpaired) electrons. The summed E-state index contributed by atoms with van der Waals surface area (Å²) in [5.74, 6) is 0.183. The topological polar surface area (TPSA) is 85.0 Å². The second-order valence-corrected chi connectivity index (χ2v) is 10.2. The lowest BCUT2D eigenvalue weighted by atomic mass is 10.1. The van der Waals surface area contributed by atoms with Crippen molar-refractivity contribution in [3.63, 3.8) is 0 Å². The first kappa shape index (κ1) is 25.8. The van der Waals surface area contributed by atoms with Crippen LogP contribution in [0.1, 0.15) is 43.5 Å². The molecular formula is C27H34ClN5O3. The number of carbonyl (C=O) groups is 3. The number of halogens is 1. The molecule has 2 aliphatic rings. The lowest BCUT2D eigenvalue weighted by Crippen LogP contribution is -2.50. The minimum absolute atomic E-state index is 0.0106. The average molecular weight is 512 g/mol. The van der Waals surface area contributed by atoms with Crippen LogP contribution in [-0.4, -0.2) is 66.9 Å².